The molecule has 0 radical (unpaired) electrons. The summed E-state index contributed by atoms with van der Waals surface area (Å²) in [7, 11) is 0. The zero-order valence-electron chi connectivity index (χ0n) is 9.81. The van der Waals surface area contributed by atoms with Crippen molar-refractivity contribution < 1.29 is 4.74 Å². The van der Waals surface area contributed by atoms with E-state index in [4.69, 9.17) is 34.3 Å². The molecule has 0 unspecified atom stereocenters. The van der Waals surface area contributed by atoms with E-state index in [2.05, 4.69) is 0 Å². The van der Waals surface area contributed by atoms with Crippen LogP contribution in [0.4, 0.5) is 0 Å². The van der Waals surface area contributed by atoms with Gasteiger partial charge in [-0.3, -0.25) is 0 Å². The maximum atomic E-state index is 5.92. The molecule has 0 spiro atoms. The highest BCUT2D eigenvalue weighted by molar-refractivity contribution is 7.80. The van der Waals surface area contributed by atoms with E-state index in [0.29, 0.717) is 16.3 Å². The SMILES string of the molecule is Cc1cccc(Oc2ccc(Cl)cc2C(N)=S)c1. The molecule has 0 atom stereocenters. The first-order chi connectivity index (χ1) is 8.56. The van der Waals surface area contributed by atoms with Crippen molar-refractivity contribution in [3.8, 4) is 11.5 Å². The molecule has 0 bridgehead atoms. The average Bonchev–Trinajstić information content (AvgIpc) is 2.31. The Labute approximate surface area is 116 Å². The summed E-state index contributed by atoms with van der Waals surface area (Å²) in [6.07, 6.45) is 0. The number of thiocarbonyl (C=S) groups is 1. The fourth-order valence-corrected chi connectivity index (χ4v) is 1.92. The number of halogens is 1. The van der Waals surface area contributed by atoms with E-state index in [1.54, 1.807) is 18.2 Å². The van der Waals surface area contributed by atoms with Gasteiger partial charge in [0.2, 0.25) is 0 Å². The standard InChI is InChI=1S/C14H12ClNOS/c1-9-3-2-4-11(7-9)17-13-6-5-10(15)8-12(13)14(16)18/h2-8H,1H3,(H2,16,18). The second-order valence-electron chi connectivity index (χ2n) is 3.92. The van der Waals surface area contributed by atoms with Gasteiger partial charge in [-0.25, -0.2) is 0 Å². The zero-order valence-corrected chi connectivity index (χ0v) is 11.4. The smallest absolute Gasteiger partial charge is 0.137 e. The van der Waals surface area contributed by atoms with Crippen molar-refractivity contribution in [3.63, 3.8) is 0 Å². The van der Waals surface area contributed by atoms with Crippen LogP contribution >= 0.6 is 23.8 Å². The largest absolute Gasteiger partial charge is 0.457 e. The van der Waals surface area contributed by atoms with E-state index in [-0.39, 0.29) is 4.99 Å². The minimum atomic E-state index is 0.264. The monoisotopic (exact) mass is 277 g/mol. The van der Waals surface area contributed by atoms with Gasteiger partial charge in [0.05, 0.1) is 5.56 Å². The Hall–Kier alpha value is -1.58. The lowest BCUT2D eigenvalue weighted by Gasteiger charge is -2.11. The first-order valence-corrected chi connectivity index (χ1v) is 6.19. The predicted molar refractivity (Wildman–Crippen MR) is 78.6 cm³/mol. The Morgan fingerprint density at radius 3 is 2.67 bits per heavy atom. The first kappa shape index (κ1) is 12.9. The van der Waals surface area contributed by atoms with Crippen molar-refractivity contribution >= 4 is 28.8 Å². The molecule has 2 aromatic carbocycles. The molecule has 2 aromatic rings. The van der Waals surface area contributed by atoms with Crippen LogP contribution in [0, 0.1) is 6.92 Å². The van der Waals surface area contributed by atoms with Gasteiger partial charge >= 0.3 is 0 Å². The molecule has 0 aliphatic rings. The summed E-state index contributed by atoms with van der Waals surface area (Å²) in [6.45, 7) is 2.00. The molecular weight excluding hydrogens is 266 g/mol. The maximum absolute atomic E-state index is 5.92. The molecule has 0 aliphatic carbocycles. The summed E-state index contributed by atoms with van der Waals surface area (Å²) >= 11 is 10.9. The Kier molecular flexibility index (Phi) is 3.84. The highest BCUT2D eigenvalue weighted by Crippen LogP contribution is 2.28. The second-order valence-corrected chi connectivity index (χ2v) is 4.80. The Balaban J connectivity index is 2.37. The van der Waals surface area contributed by atoms with Crippen molar-refractivity contribution in [2.75, 3.05) is 0 Å². The molecule has 0 aromatic heterocycles. The van der Waals surface area contributed by atoms with Crippen LogP contribution in [0.15, 0.2) is 42.5 Å². The Morgan fingerprint density at radius 1 is 1.22 bits per heavy atom. The maximum Gasteiger partial charge on any atom is 0.137 e. The van der Waals surface area contributed by atoms with Crippen LogP contribution in [0.5, 0.6) is 11.5 Å². The number of rotatable bonds is 3. The molecule has 0 amide bonds. The topological polar surface area (TPSA) is 35.2 Å². The quantitative estimate of drug-likeness (QED) is 0.859. The van der Waals surface area contributed by atoms with E-state index in [1.165, 1.54) is 0 Å². The summed E-state index contributed by atoms with van der Waals surface area (Å²) in [5.41, 5.74) is 7.42. The van der Waals surface area contributed by atoms with E-state index < -0.39 is 0 Å². The third-order valence-electron chi connectivity index (χ3n) is 2.42. The van der Waals surface area contributed by atoms with Gasteiger partial charge in [-0.15, -0.1) is 0 Å². The highest BCUT2D eigenvalue weighted by atomic mass is 35.5. The molecular formula is C14H12ClNOS. The minimum Gasteiger partial charge on any atom is -0.457 e. The molecule has 2 nitrogen and oxygen atoms in total. The van der Waals surface area contributed by atoms with Crippen LogP contribution in [-0.2, 0) is 0 Å². The van der Waals surface area contributed by atoms with Crippen LogP contribution in [0.3, 0.4) is 0 Å². The van der Waals surface area contributed by atoms with Gasteiger partial charge in [0.25, 0.3) is 0 Å². The van der Waals surface area contributed by atoms with Gasteiger partial charge in [-0.05, 0) is 42.8 Å². The Bertz CT molecular complexity index is 598. The second kappa shape index (κ2) is 5.38. The van der Waals surface area contributed by atoms with E-state index in [9.17, 15) is 0 Å². The van der Waals surface area contributed by atoms with Crippen molar-refractivity contribution in [1.29, 1.82) is 0 Å². The fraction of sp³-hybridized carbons (Fsp3) is 0.0714. The Morgan fingerprint density at radius 2 is 2.00 bits per heavy atom. The molecule has 0 heterocycles. The zero-order chi connectivity index (χ0) is 13.1. The molecule has 2 rings (SSSR count). The summed E-state index contributed by atoms with van der Waals surface area (Å²) in [6, 6.07) is 13.0. The van der Waals surface area contributed by atoms with Crippen LogP contribution in [0.1, 0.15) is 11.1 Å². The van der Waals surface area contributed by atoms with Crippen molar-refractivity contribution in [1.82, 2.24) is 0 Å². The van der Waals surface area contributed by atoms with Crippen LogP contribution < -0.4 is 10.5 Å². The normalized spacial score (nSPS) is 10.1. The third kappa shape index (κ3) is 3.00. The number of benzene rings is 2. The van der Waals surface area contributed by atoms with Gasteiger partial charge in [0.1, 0.15) is 16.5 Å². The first-order valence-electron chi connectivity index (χ1n) is 5.40. The van der Waals surface area contributed by atoms with Gasteiger partial charge < -0.3 is 10.5 Å². The number of aryl methyl sites for hydroxylation is 1. The average molecular weight is 278 g/mol. The van der Waals surface area contributed by atoms with Gasteiger partial charge in [-0.2, -0.15) is 0 Å². The third-order valence-corrected chi connectivity index (χ3v) is 2.88. The number of hydrogen-bond acceptors (Lipinski definition) is 2. The van der Waals surface area contributed by atoms with Gasteiger partial charge in [0, 0.05) is 5.02 Å². The summed E-state index contributed by atoms with van der Waals surface area (Å²) in [5, 5.41) is 0.578. The van der Waals surface area contributed by atoms with Gasteiger partial charge in [-0.1, -0.05) is 36.0 Å². The molecule has 0 saturated carbocycles. The number of ether oxygens (including phenoxy) is 1. The lowest BCUT2D eigenvalue weighted by Crippen LogP contribution is -2.10. The van der Waals surface area contributed by atoms with Crippen molar-refractivity contribution in [3.05, 3.63) is 58.6 Å². The van der Waals surface area contributed by atoms with Gasteiger partial charge in [0.15, 0.2) is 0 Å². The lowest BCUT2D eigenvalue weighted by molar-refractivity contribution is 0.481. The molecule has 4 heteroatoms. The van der Waals surface area contributed by atoms with Crippen LogP contribution in [-0.4, -0.2) is 4.99 Å². The molecule has 0 saturated heterocycles. The van der Waals surface area contributed by atoms with Crippen LogP contribution in [0.25, 0.3) is 0 Å². The molecule has 18 heavy (non-hydrogen) atoms. The van der Waals surface area contributed by atoms with Crippen molar-refractivity contribution in [2.45, 2.75) is 6.92 Å². The summed E-state index contributed by atoms with van der Waals surface area (Å²) in [5.74, 6) is 1.35. The fourth-order valence-electron chi connectivity index (χ4n) is 1.59. The molecule has 0 aliphatic heterocycles. The summed E-state index contributed by atoms with van der Waals surface area (Å²) in [4.78, 5) is 0.264. The lowest BCUT2D eigenvalue weighted by atomic mass is 10.2. The van der Waals surface area contributed by atoms with Crippen LogP contribution in [0.2, 0.25) is 5.02 Å². The van der Waals surface area contributed by atoms with E-state index >= 15 is 0 Å². The van der Waals surface area contributed by atoms with E-state index in [1.807, 2.05) is 31.2 Å². The van der Waals surface area contributed by atoms with Crippen molar-refractivity contribution in [2.24, 2.45) is 5.73 Å². The highest BCUT2D eigenvalue weighted by Gasteiger charge is 2.08. The predicted octanol–water partition coefficient (Wildman–Crippen LogP) is 4.07. The summed E-state index contributed by atoms with van der Waals surface area (Å²) < 4.78 is 5.78. The number of hydrogen-bond donors (Lipinski definition) is 1. The molecule has 2 N–H and O–H groups in total. The molecule has 0 fully saturated rings. The van der Waals surface area contributed by atoms with E-state index in [0.717, 1.165) is 11.3 Å². The minimum absolute atomic E-state index is 0.264. The number of nitrogens with two attached hydrogens (primary N) is 1. The molecule has 92 valence electrons.